The number of unbranched alkanes of at least 4 members (excludes halogenated alkanes) is 3. The zero-order valence-electron chi connectivity index (χ0n) is 11.6. The van der Waals surface area contributed by atoms with Crippen molar-refractivity contribution in [1.82, 2.24) is 0 Å². The number of alkyl halides is 1. The molecule has 1 aromatic heterocycles. The van der Waals surface area contributed by atoms with Crippen molar-refractivity contribution in [2.24, 2.45) is 0 Å². The van der Waals surface area contributed by atoms with E-state index in [4.69, 9.17) is 4.74 Å². The van der Waals surface area contributed by atoms with Crippen LogP contribution in [0.4, 0.5) is 0 Å². The predicted octanol–water partition coefficient (Wildman–Crippen LogP) is 4.50. The number of hydrogen-bond acceptors (Lipinski definition) is 2. The summed E-state index contributed by atoms with van der Waals surface area (Å²) in [6.45, 7) is 3.31. The van der Waals surface area contributed by atoms with Gasteiger partial charge in [0.1, 0.15) is 11.2 Å². The number of rotatable bonds is 7. The Hall–Kier alpha value is -0.360. The third kappa shape index (κ3) is 3.60. The maximum absolute atomic E-state index is 5.51. The molecule has 0 aliphatic rings. The largest absolute Gasteiger partial charge is 0.490 e. The van der Waals surface area contributed by atoms with Crippen LogP contribution in [-0.2, 0) is 6.54 Å². The van der Waals surface area contributed by atoms with Gasteiger partial charge >= 0.3 is 0 Å². The van der Waals surface area contributed by atoms with E-state index < -0.39 is 0 Å². The normalized spacial score (nSPS) is 11.1. The van der Waals surface area contributed by atoms with E-state index in [1.54, 1.807) is 7.11 Å². The van der Waals surface area contributed by atoms with Crippen LogP contribution in [0.5, 0.6) is 5.75 Å². The van der Waals surface area contributed by atoms with E-state index in [1.807, 2.05) is 11.3 Å². The van der Waals surface area contributed by atoms with Crippen molar-refractivity contribution in [2.75, 3.05) is 11.5 Å². The molecule has 1 aromatic carbocycles. The molecule has 0 fully saturated rings. The lowest BCUT2D eigenvalue weighted by Crippen LogP contribution is -2.35. The lowest BCUT2D eigenvalue weighted by molar-refractivity contribution is -0.673. The molecule has 1 heterocycles. The van der Waals surface area contributed by atoms with Crippen molar-refractivity contribution in [3.8, 4) is 5.75 Å². The summed E-state index contributed by atoms with van der Waals surface area (Å²) < 4.78 is 10.5. The molecular formula is C15H21INOS+. The molecule has 0 N–H and O–H groups in total. The van der Waals surface area contributed by atoms with Gasteiger partial charge in [0.05, 0.1) is 7.11 Å². The standard InChI is InChI=1S/C15H21INOS/c1-12-17(11-6-4-3-5-10-16)15-13(18-2)8-7-9-14(15)19-12/h7-9H,3-6,10-11H2,1-2H3/q+1. The Labute approximate surface area is 132 Å². The third-order valence-electron chi connectivity index (χ3n) is 3.35. The maximum Gasteiger partial charge on any atom is 0.266 e. The van der Waals surface area contributed by atoms with Crippen molar-refractivity contribution >= 4 is 44.1 Å². The number of benzene rings is 1. The number of fused-ring (bicyclic) bond motifs is 1. The highest BCUT2D eigenvalue weighted by atomic mass is 127. The van der Waals surface area contributed by atoms with E-state index >= 15 is 0 Å². The van der Waals surface area contributed by atoms with Gasteiger partial charge in [0.25, 0.3) is 5.52 Å². The van der Waals surface area contributed by atoms with E-state index in [1.165, 1.54) is 45.3 Å². The molecule has 19 heavy (non-hydrogen) atoms. The molecule has 0 aliphatic heterocycles. The van der Waals surface area contributed by atoms with Crippen molar-refractivity contribution in [1.29, 1.82) is 0 Å². The topological polar surface area (TPSA) is 13.1 Å². The van der Waals surface area contributed by atoms with E-state index in [-0.39, 0.29) is 0 Å². The predicted molar refractivity (Wildman–Crippen MR) is 90.7 cm³/mol. The zero-order valence-corrected chi connectivity index (χ0v) is 14.6. The maximum atomic E-state index is 5.51. The fraction of sp³-hybridized carbons (Fsp3) is 0.533. The Balaban J connectivity index is 2.15. The van der Waals surface area contributed by atoms with E-state index in [2.05, 4.69) is 52.3 Å². The summed E-state index contributed by atoms with van der Waals surface area (Å²) in [5.41, 5.74) is 1.27. The van der Waals surface area contributed by atoms with Crippen LogP contribution in [0, 0.1) is 6.92 Å². The van der Waals surface area contributed by atoms with Gasteiger partial charge in [-0.3, -0.25) is 0 Å². The molecule has 2 nitrogen and oxygen atoms in total. The van der Waals surface area contributed by atoms with Crippen LogP contribution in [-0.4, -0.2) is 11.5 Å². The Kier molecular flexibility index (Phi) is 5.88. The molecule has 0 radical (unpaired) electrons. The van der Waals surface area contributed by atoms with Gasteiger partial charge in [-0.25, -0.2) is 0 Å². The number of para-hydroxylation sites is 1. The van der Waals surface area contributed by atoms with Crippen molar-refractivity contribution < 1.29 is 9.30 Å². The number of aryl methyl sites for hydroxylation is 2. The summed E-state index contributed by atoms with van der Waals surface area (Å²) in [4.78, 5) is 0. The van der Waals surface area contributed by atoms with Crippen molar-refractivity contribution in [3.63, 3.8) is 0 Å². The van der Waals surface area contributed by atoms with Gasteiger partial charge in [-0.1, -0.05) is 46.4 Å². The van der Waals surface area contributed by atoms with Crippen LogP contribution in [0.25, 0.3) is 10.2 Å². The molecule has 2 rings (SSSR count). The molecule has 0 atom stereocenters. The average molecular weight is 390 g/mol. The smallest absolute Gasteiger partial charge is 0.266 e. The lowest BCUT2D eigenvalue weighted by atomic mass is 10.2. The minimum atomic E-state index is 0.995. The molecule has 0 bridgehead atoms. The lowest BCUT2D eigenvalue weighted by Gasteiger charge is -2.01. The first-order chi connectivity index (χ1) is 9.27. The second-order valence-corrected chi connectivity index (χ2v) is 7.00. The van der Waals surface area contributed by atoms with E-state index in [9.17, 15) is 0 Å². The van der Waals surface area contributed by atoms with Crippen LogP contribution in [0.15, 0.2) is 18.2 Å². The van der Waals surface area contributed by atoms with Gasteiger partial charge in [-0.15, -0.1) is 0 Å². The molecule has 0 saturated heterocycles. The summed E-state index contributed by atoms with van der Waals surface area (Å²) in [5.74, 6) is 0.995. The molecule has 4 heteroatoms. The van der Waals surface area contributed by atoms with E-state index in [0.717, 1.165) is 12.3 Å². The molecule has 0 aliphatic carbocycles. The third-order valence-corrected chi connectivity index (χ3v) is 5.18. The van der Waals surface area contributed by atoms with Gasteiger partial charge in [-0.2, -0.15) is 4.57 Å². The van der Waals surface area contributed by atoms with Crippen LogP contribution >= 0.6 is 33.9 Å². The number of aromatic nitrogens is 1. The van der Waals surface area contributed by atoms with Gasteiger partial charge in [0.2, 0.25) is 5.01 Å². The number of methoxy groups -OCH3 is 1. The monoisotopic (exact) mass is 390 g/mol. The number of thiazole rings is 1. The first kappa shape index (κ1) is 15.0. The second kappa shape index (κ2) is 7.43. The first-order valence-electron chi connectivity index (χ1n) is 6.80. The first-order valence-corrected chi connectivity index (χ1v) is 9.14. The number of hydrogen-bond donors (Lipinski definition) is 0. The summed E-state index contributed by atoms with van der Waals surface area (Å²) in [6.07, 6.45) is 5.27. The highest BCUT2D eigenvalue weighted by molar-refractivity contribution is 14.1. The average Bonchev–Trinajstić information content (AvgIpc) is 2.74. The van der Waals surface area contributed by atoms with Crippen LogP contribution in [0.1, 0.15) is 30.7 Å². The van der Waals surface area contributed by atoms with Crippen LogP contribution in [0.3, 0.4) is 0 Å². The Morgan fingerprint density at radius 3 is 2.74 bits per heavy atom. The summed E-state index contributed by atoms with van der Waals surface area (Å²) in [6, 6.07) is 6.31. The highest BCUT2D eigenvalue weighted by Gasteiger charge is 2.20. The molecule has 0 saturated carbocycles. The summed E-state index contributed by atoms with van der Waals surface area (Å²) in [5, 5.41) is 1.37. The zero-order chi connectivity index (χ0) is 13.7. The minimum Gasteiger partial charge on any atom is -0.490 e. The molecule has 0 amide bonds. The van der Waals surface area contributed by atoms with Crippen LogP contribution < -0.4 is 9.30 Å². The fourth-order valence-corrected chi connectivity index (χ4v) is 3.98. The fourth-order valence-electron chi connectivity index (χ4n) is 2.37. The number of halogens is 1. The Morgan fingerprint density at radius 2 is 2.00 bits per heavy atom. The molecular weight excluding hydrogens is 369 g/mol. The van der Waals surface area contributed by atoms with Gasteiger partial charge in [-0.05, 0) is 29.4 Å². The van der Waals surface area contributed by atoms with Gasteiger partial charge < -0.3 is 4.74 Å². The molecule has 0 spiro atoms. The summed E-state index contributed by atoms with van der Waals surface area (Å²) in [7, 11) is 1.76. The number of ether oxygens (including phenoxy) is 1. The van der Waals surface area contributed by atoms with Crippen molar-refractivity contribution in [3.05, 3.63) is 23.2 Å². The van der Waals surface area contributed by atoms with E-state index in [0.29, 0.717) is 0 Å². The summed E-state index contributed by atoms with van der Waals surface area (Å²) >= 11 is 4.31. The Morgan fingerprint density at radius 1 is 1.21 bits per heavy atom. The van der Waals surface area contributed by atoms with Gasteiger partial charge in [0, 0.05) is 13.3 Å². The molecule has 2 aromatic rings. The second-order valence-electron chi connectivity index (χ2n) is 4.68. The molecule has 0 unspecified atom stereocenters. The number of nitrogens with zero attached hydrogens (tertiary/aromatic N) is 1. The quantitative estimate of drug-likeness (QED) is 0.294. The minimum absolute atomic E-state index is 0.995. The Bertz CT molecular complexity index is 538. The molecule has 104 valence electrons. The van der Waals surface area contributed by atoms with Crippen LogP contribution in [0.2, 0.25) is 0 Å². The SMILES string of the molecule is COc1cccc2sc(C)[n+](CCCCCCI)c12. The van der Waals surface area contributed by atoms with Gasteiger partial charge in [0.15, 0.2) is 5.75 Å². The highest BCUT2D eigenvalue weighted by Crippen LogP contribution is 2.28. The van der Waals surface area contributed by atoms with Crippen molar-refractivity contribution in [2.45, 2.75) is 39.2 Å².